The van der Waals surface area contributed by atoms with Gasteiger partial charge in [-0.1, -0.05) is 90.9 Å². The summed E-state index contributed by atoms with van der Waals surface area (Å²) in [5.41, 5.74) is 2.52. The van der Waals surface area contributed by atoms with Crippen molar-refractivity contribution >= 4 is 0 Å². The Labute approximate surface area is 169 Å². The van der Waals surface area contributed by atoms with Crippen LogP contribution in [0.15, 0.2) is 85.0 Å². The minimum atomic E-state index is -0.0214. The predicted octanol–water partition coefficient (Wildman–Crippen LogP) is 4.62. The Bertz CT molecular complexity index is 791. The molecule has 2 aromatic carbocycles. The van der Waals surface area contributed by atoms with Crippen LogP contribution in [0.5, 0.6) is 0 Å². The van der Waals surface area contributed by atoms with Gasteiger partial charge in [-0.05, 0) is 36.3 Å². The molecule has 0 radical (unpaired) electrons. The van der Waals surface area contributed by atoms with Crippen molar-refractivity contribution in [3.05, 3.63) is 96.1 Å². The molecule has 0 amide bonds. The molecule has 2 atom stereocenters. The van der Waals surface area contributed by atoms with Gasteiger partial charge in [-0.15, -0.1) is 6.42 Å². The lowest BCUT2D eigenvalue weighted by atomic mass is 9.96. The fourth-order valence-corrected chi connectivity index (χ4v) is 3.84. The van der Waals surface area contributed by atoms with Crippen LogP contribution in [0.2, 0.25) is 0 Å². The smallest absolute Gasteiger partial charge is 0.0721 e. The van der Waals surface area contributed by atoms with Crippen LogP contribution < -0.4 is 0 Å². The van der Waals surface area contributed by atoms with Crippen molar-refractivity contribution in [3.63, 3.8) is 0 Å². The molecule has 0 saturated carbocycles. The van der Waals surface area contributed by atoms with Crippen LogP contribution in [-0.2, 0) is 13.0 Å². The molecular weight excluding hydrogens is 342 g/mol. The van der Waals surface area contributed by atoms with Crippen LogP contribution in [0, 0.1) is 18.3 Å². The van der Waals surface area contributed by atoms with Gasteiger partial charge in [-0.2, -0.15) is 0 Å². The fourth-order valence-electron chi connectivity index (χ4n) is 3.84. The first-order valence-corrected chi connectivity index (χ1v) is 10.1. The molecule has 0 unspecified atom stereocenters. The molecule has 1 aliphatic rings. The third-order valence-corrected chi connectivity index (χ3v) is 5.40. The minimum absolute atomic E-state index is 0.0214. The first-order chi connectivity index (χ1) is 13.8. The number of aliphatic hydroxyl groups is 1. The second-order valence-electron chi connectivity index (χ2n) is 7.37. The van der Waals surface area contributed by atoms with Gasteiger partial charge in [0.2, 0.25) is 0 Å². The zero-order valence-corrected chi connectivity index (χ0v) is 16.3. The quantitative estimate of drug-likeness (QED) is 0.616. The van der Waals surface area contributed by atoms with E-state index in [1.165, 1.54) is 11.1 Å². The molecule has 0 aliphatic heterocycles. The van der Waals surface area contributed by atoms with Crippen LogP contribution >= 0.6 is 0 Å². The number of aryl methyl sites for hydroxylation is 1. The molecular formula is C26H29NO. The topological polar surface area (TPSA) is 23.5 Å². The SMILES string of the molecule is C#C[C@@H](CCc1ccccc1)N(Cc1ccccc1)[C@@H](CO)CC1C=CC=C1. The number of hydrogen-bond donors (Lipinski definition) is 1. The molecule has 1 N–H and O–H groups in total. The van der Waals surface area contributed by atoms with Crippen LogP contribution in [-0.4, -0.2) is 28.7 Å². The van der Waals surface area contributed by atoms with Crippen LogP contribution in [0.3, 0.4) is 0 Å². The lowest BCUT2D eigenvalue weighted by Crippen LogP contribution is -2.45. The molecule has 0 fully saturated rings. The Hall–Kier alpha value is -2.60. The van der Waals surface area contributed by atoms with E-state index in [0.717, 1.165) is 25.8 Å². The number of terminal acetylenes is 1. The Morgan fingerprint density at radius 2 is 1.54 bits per heavy atom. The van der Waals surface area contributed by atoms with Gasteiger partial charge in [-0.3, -0.25) is 4.90 Å². The van der Waals surface area contributed by atoms with Crippen LogP contribution in [0.25, 0.3) is 0 Å². The van der Waals surface area contributed by atoms with Gasteiger partial charge in [0.05, 0.1) is 12.6 Å². The number of rotatable bonds is 10. The average molecular weight is 372 g/mol. The van der Waals surface area contributed by atoms with Crippen molar-refractivity contribution in [3.8, 4) is 12.3 Å². The maximum absolute atomic E-state index is 10.2. The molecule has 1 aliphatic carbocycles. The van der Waals surface area contributed by atoms with Gasteiger partial charge < -0.3 is 5.11 Å². The summed E-state index contributed by atoms with van der Waals surface area (Å²) in [4.78, 5) is 2.32. The number of hydrogen-bond acceptors (Lipinski definition) is 2. The number of allylic oxidation sites excluding steroid dienone is 4. The molecule has 0 saturated heterocycles. The fraction of sp³-hybridized carbons (Fsp3) is 0.308. The third kappa shape index (κ3) is 5.70. The summed E-state index contributed by atoms with van der Waals surface area (Å²) < 4.78 is 0. The molecule has 2 aromatic rings. The van der Waals surface area contributed by atoms with E-state index in [-0.39, 0.29) is 18.7 Å². The predicted molar refractivity (Wildman–Crippen MR) is 117 cm³/mol. The summed E-state index contributed by atoms with van der Waals surface area (Å²) in [5, 5.41) is 10.2. The largest absolute Gasteiger partial charge is 0.395 e. The Balaban J connectivity index is 1.76. The second-order valence-corrected chi connectivity index (χ2v) is 7.37. The molecule has 144 valence electrons. The van der Waals surface area contributed by atoms with E-state index in [0.29, 0.717) is 5.92 Å². The minimum Gasteiger partial charge on any atom is -0.395 e. The highest BCUT2D eigenvalue weighted by atomic mass is 16.3. The standard InChI is InChI=1S/C26H29NO/c1-2-25(18-17-22-11-5-3-6-12-22)27(20-24-15-7-4-8-16-24)26(21-28)19-23-13-9-10-14-23/h1,3-16,23,25-26,28H,17-21H2/t25-,26+/m0/s1. The molecule has 2 nitrogen and oxygen atoms in total. The normalized spacial score (nSPS) is 15.6. The van der Waals surface area contributed by atoms with Crippen LogP contribution in [0.1, 0.15) is 24.0 Å². The van der Waals surface area contributed by atoms with Gasteiger partial charge in [-0.25, -0.2) is 0 Å². The van der Waals surface area contributed by atoms with Gasteiger partial charge in [0.15, 0.2) is 0 Å². The van der Waals surface area contributed by atoms with Crippen molar-refractivity contribution in [2.45, 2.75) is 37.9 Å². The monoisotopic (exact) mass is 371 g/mol. The highest BCUT2D eigenvalue weighted by Gasteiger charge is 2.26. The van der Waals surface area contributed by atoms with Crippen molar-refractivity contribution in [2.75, 3.05) is 6.61 Å². The van der Waals surface area contributed by atoms with E-state index in [1.54, 1.807) is 0 Å². The lowest BCUT2D eigenvalue weighted by Gasteiger charge is -2.36. The van der Waals surface area contributed by atoms with Crippen molar-refractivity contribution in [2.24, 2.45) is 5.92 Å². The number of aliphatic hydroxyl groups excluding tert-OH is 1. The van der Waals surface area contributed by atoms with Crippen molar-refractivity contribution in [1.29, 1.82) is 0 Å². The lowest BCUT2D eigenvalue weighted by molar-refractivity contribution is 0.0825. The average Bonchev–Trinajstić information content (AvgIpc) is 3.26. The molecule has 3 rings (SSSR count). The first kappa shape index (κ1) is 20.1. The Morgan fingerprint density at radius 1 is 0.929 bits per heavy atom. The molecule has 0 heterocycles. The second kappa shape index (κ2) is 10.7. The van der Waals surface area contributed by atoms with E-state index in [9.17, 15) is 5.11 Å². The Kier molecular flexibility index (Phi) is 7.67. The van der Waals surface area contributed by atoms with E-state index in [2.05, 4.69) is 83.7 Å². The van der Waals surface area contributed by atoms with E-state index in [4.69, 9.17) is 6.42 Å². The summed E-state index contributed by atoms with van der Waals surface area (Å²) >= 11 is 0. The summed E-state index contributed by atoms with van der Waals surface area (Å²) in [6, 6.07) is 20.9. The van der Waals surface area contributed by atoms with Gasteiger partial charge in [0, 0.05) is 12.6 Å². The molecule has 0 spiro atoms. The van der Waals surface area contributed by atoms with Gasteiger partial charge in [0.25, 0.3) is 0 Å². The maximum atomic E-state index is 10.2. The molecule has 2 heteroatoms. The summed E-state index contributed by atoms with van der Waals surface area (Å²) in [6.45, 7) is 0.852. The van der Waals surface area contributed by atoms with E-state index in [1.807, 2.05) is 12.1 Å². The maximum Gasteiger partial charge on any atom is 0.0721 e. The third-order valence-electron chi connectivity index (χ3n) is 5.40. The van der Waals surface area contributed by atoms with Gasteiger partial charge in [0.1, 0.15) is 0 Å². The van der Waals surface area contributed by atoms with E-state index >= 15 is 0 Å². The van der Waals surface area contributed by atoms with Crippen LogP contribution in [0.4, 0.5) is 0 Å². The van der Waals surface area contributed by atoms with Crippen molar-refractivity contribution in [1.82, 2.24) is 4.90 Å². The number of nitrogens with zero attached hydrogens (tertiary/aromatic N) is 1. The summed E-state index contributed by atoms with van der Waals surface area (Å²) in [7, 11) is 0. The molecule has 0 bridgehead atoms. The molecule has 28 heavy (non-hydrogen) atoms. The van der Waals surface area contributed by atoms with Crippen molar-refractivity contribution < 1.29 is 5.11 Å². The summed E-state index contributed by atoms with van der Waals surface area (Å²) in [6.07, 6.45) is 17.2. The Morgan fingerprint density at radius 3 is 2.11 bits per heavy atom. The zero-order chi connectivity index (χ0) is 19.6. The van der Waals surface area contributed by atoms with E-state index < -0.39 is 0 Å². The highest BCUT2D eigenvalue weighted by Crippen LogP contribution is 2.23. The van der Waals surface area contributed by atoms with Gasteiger partial charge >= 0.3 is 0 Å². The zero-order valence-electron chi connectivity index (χ0n) is 16.3. The summed E-state index contributed by atoms with van der Waals surface area (Å²) in [5.74, 6) is 3.37. The number of benzene rings is 2. The molecule has 0 aromatic heterocycles. The highest BCUT2D eigenvalue weighted by molar-refractivity contribution is 5.20. The first-order valence-electron chi connectivity index (χ1n) is 10.1.